The second-order valence-corrected chi connectivity index (χ2v) is 3.47. The van der Waals surface area contributed by atoms with E-state index < -0.39 is 0 Å². The van der Waals surface area contributed by atoms with Gasteiger partial charge in [-0.05, 0) is 18.5 Å². The molecular weight excluding hydrogens is 204 g/mol. The molecule has 2 aromatic rings. The molecule has 2 aromatic heterocycles. The summed E-state index contributed by atoms with van der Waals surface area (Å²) in [6.07, 6.45) is 0. The van der Waals surface area contributed by atoms with Crippen LogP contribution in [0.1, 0.15) is 5.82 Å². The standard InChI is InChI=1S/C8H9ClN4O/c1-4-10-6-5(12(4)2)7(14)11-8(9)13(6)3/h1-3H3. The van der Waals surface area contributed by atoms with Crippen molar-refractivity contribution in [3.63, 3.8) is 0 Å². The number of aromatic nitrogens is 4. The molecule has 0 atom stereocenters. The molecule has 0 bridgehead atoms. The zero-order valence-electron chi connectivity index (χ0n) is 8.08. The predicted octanol–water partition coefficient (Wildman–Crippen LogP) is 0.629. The first-order valence-electron chi connectivity index (χ1n) is 4.08. The van der Waals surface area contributed by atoms with Gasteiger partial charge < -0.3 is 9.13 Å². The number of nitrogens with zero attached hydrogens (tertiary/aromatic N) is 4. The van der Waals surface area contributed by atoms with E-state index >= 15 is 0 Å². The van der Waals surface area contributed by atoms with Crippen molar-refractivity contribution in [2.24, 2.45) is 14.1 Å². The molecule has 0 fully saturated rings. The van der Waals surface area contributed by atoms with E-state index in [0.29, 0.717) is 11.2 Å². The fourth-order valence-corrected chi connectivity index (χ4v) is 1.52. The van der Waals surface area contributed by atoms with Gasteiger partial charge in [-0.1, -0.05) is 0 Å². The van der Waals surface area contributed by atoms with Gasteiger partial charge in [-0.3, -0.25) is 4.79 Å². The van der Waals surface area contributed by atoms with Crippen LogP contribution in [0.3, 0.4) is 0 Å². The third-order valence-corrected chi connectivity index (χ3v) is 2.63. The van der Waals surface area contributed by atoms with Gasteiger partial charge in [0.05, 0.1) is 0 Å². The highest BCUT2D eigenvalue weighted by atomic mass is 35.5. The Morgan fingerprint density at radius 2 is 1.86 bits per heavy atom. The van der Waals surface area contributed by atoms with Crippen molar-refractivity contribution >= 4 is 22.8 Å². The highest BCUT2D eigenvalue weighted by molar-refractivity contribution is 6.28. The second-order valence-electron chi connectivity index (χ2n) is 3.14. The van der Waals surface area contributed by atoms with Gasteiger partial charge in [0.2, 0.25) is 5.28 Å². The van der Waals surface area contributed by atoms with Gasteiger partial charge in [-0.25, -0.2) is 4.98 Å². The maximum Gasteiger partial charge on any atom is 0.300 e. The van der Waals surface area contributed by atoms with Crippen LogP contribution in [0.15, 0.2) is 4.79 Å². The van der Waals surface area contributed by atoms with E-state index in [0.717, 1.165) is 5.82 Å². The minimum absolute atomic E-state index is 0.153. The topological polar surface area (TPSA) is 52.7 Å². The van der Waals surface area contributed by atoms with E-state index in [1.54, 1.807) is 23.2 Å². The minimum Gasteiger partial charge on any atom is -0.325 e. The molecule has 14 heavy (non-hydrogen) atoms. The van der Waals surface area contributed by atoms with E-state index in [4.69, 9.17) is 11.6 Å². The summed E-state index contributed by atoms with van der Waals surface area (Å²) in [4.78, 5) is 19.4. The molecule has 74 valence electrons. The number of fused-ring (bicyclic) bond motifs is 1. The highest BCUT2D eigenvalue weighted by Gasteiger charge is 2.12. The van der Waals surface area contributed by atoms with Gasteiger partial charge in [0.1, 0.15) is 5.82 Å². The normalized spacial score (nSPS) is 11.1. The van der Waals surface area contributed by atoms with Crippen molar-refractivity contribution in [2.75, 3.05) is 0 Å². The summed E-state index contributed by atoms with van der Waals surface area (Å²) in [7, 11) is 3.51. The Hall–Kier alpha value is -1.36. The van der Waals surface area contributed by atoms with Gasteiger partial charge >= 0.3 is 0 Å². The molecule has 2 heterocycles. The molecule has 5 nitrogen and oxygen atoms in total. The number of halogens is 1. The smallest absolute Gasteiger partial charge is 0.300 e. The first-order valence-corrected chi connectivity index (χ1v) is 4.45. The first-order chi connectivity index (χ1) is 6.52. The van der Waals surface area contributed by atoms with Crippen LogP contribution in [-0.4, -0.2) is 19.1 Å². The van der Waals surface area contributed by atoms with E-state index in [9.17, 15) is 4.79 Å². The monoisotopic (exact) mass is 212 g/mol. The lowest BCUT2D eigenvalue weighted by Gasteiger charge is -2.00. The summed E-state index contributed by atoms with van der Waals surface area (Å²) in [6.45, 7) is 1.83. The van der Waals surface area contributed by atoms with Crippen LogP contribution in [0, 0.1) is 6.92 Å². The molecule has 0 aliphatic rings. The molecule has 0 saturated carbocycles. The fourth-order valence-electron chi connectivity index (χ4n) is 1.37. The second kappa shape index (κ2) is 2.81. The maximum absolute atomic E-state index is 11.5. The lowest BCUT2D eigenvalue weighted by atomic mass is 10.5. The van der Waals surface area contributed by atoms with E-state index in [1.807, 2.05) is 6.92 Å². The Bertz CT molecular complexity index is 569. The molecule has 0 amide bonds. The number of hydrogen-bond acceptors (Lipinski definition) is 3. The van der Waals surface area contributed by atoms with Crippen molar-refractivity contribution in [3.05, 3.63) is 21.5 Å². The van der Waals surface area contributed by atoms with Crippen LogP contribution < -0.4 is 5.56 Å². The third-order valence-electron chi connectivity index (χ3n) is 2.29. The zero-order valence-corrected chi connectivity index (χ0v) is 8.83. The molecule has 0 aromatic carbocycles. The van der Waals surface area contributed by atoms with Crippen LogP contribution in [-0.2, 0) is 14.1 Å². The summed E-state index contributed by atoms with van der Waals surface area (Å²) >= 11 is 5.76. The zero-order chi connectivity index (χ0) is 10.5. The Morgan fingerprint density at radius 1 is 1.21 bits per heavy atom. The van der Waals surface area contributed by atoms with Crippen LogP contribution in [0.2, 0.25) is 5.28 Å². The quantitative estimate of drug-likeness (QED) is 0.602. The molecule has 2 rings (SSSR count). The van der Waals surface area contributed by atoms with Crippen LogP contribution in [0.5, 0.6) is 0 Å². The highest BCUT2D eigenvalue weighted by Crippen LogP contribution is 2.12. The number of aryl methyl sites for hydroxylation is 3. The Morgan fingerprint density at radius 3 is 2.50 bits per heavy atom. The number of hydrogen-bond donors (Lipinski definition) is 0. The minimum atomic E-state index is -0.341. The molecule has 0 unspecified atom stereocenters. The SMILES string of the molecule is Cc1nc2c(c(=O)nc(Cl)n2C)n1C. The van der Waals surface area contributed by atoms with Crippen molar-refractivity contribution in [1.82, 2.24) is 19.1 Å². The third kappa shape index (κ3) is 1.05. The van der Waals surface area contributed by atoms with Gasteiger partial charge in [-0.15, -0.1) is 0 Å². The van der Waals surface area contributed by atoms with Gasteiger partial charge in [0, 0.05) is 14.1 Å². The average Bonchev–Trinajstić information content (AvgIpc) is 2.40. The Kier molecular flexibility index (Phi) is 1.85. The summed E-state index contributed by atoms with van der Waals surface area (Å²) in [5.74, 6) is 0.761. The summed E-state index contributed by atoms with van der Waals surface area (Å²) in [5.41, 5.74) is 0.704. The van der Waals surface area contributed by atoms with Crippen LogP contribution in [0.4, 0.5) is 0 Å². The largest absolute Gasteiger partial charge is 0.325 e. The van der Waals surface area contributed by atoms with Crippen LogP contribution in [0.25, 0.3) is 11.2 Å². The van der Waals surface area contributed by atoms with Crippen molar-refractivity contribution < 1.29 is 0 Å². The summed E-state index contributed by atoms with van der Waals surface area (Å²) in [6, 6.07) is 0. The molecule has 0 radical (unpaired) electrons. The maximum atomic E-state index is 11.5. The van der Waals surface area contributed by atoms with Crippen molar-refractivity contribution in [3.8, 4) is 0 Å². The van der Waals surface area contributed by atoms with E-state index in [1.165, 1.54) is 0 Å². The molecule has 0 aliphatic heterocycles. The van der Waals surface area contributed by atoms with Gasteiger partial charge in [0.25, 0.3) is 5.56 Å². The lowest BCUT2D eigenvalue weighted by Crippen LogP contribution is -2.14. The van der Waals surface area contributed by atoms with Crippen LogP contribution >= 0.6 is 11.6 Å². The molecule has 0 saturated heterocycles. The van der Waals surface area contributed by atoms with E-state index in [-0.39, 0.29) is 10.8 Å². The number of rotatable bonds is 0. The molecule has 0 spiro atoms. The van der Waals surface area contributed by atoms with Gasteiger partial charge in [-0.2, -0.15) is 4.98 Å². The average molecular weight is 213 g/mol. The molecule has 0 N–H and O–H groups in total. The Labute approximate surface area is 85.0 Å². The molecule has 0 aliphatic carbocycles. The molecule has 6 heteroatoms. The van der Waals surface area contributed by atoms with Crippen molar-refractivity contribution in [1.29, 1.82) is 0 Å². The lowest BCUT2D eigenvalue weighted by molar-refractivity contribution is 0.876. The predicted molar refractivity (Wildman–Crippen MR) is 53.5 cm³/mol. The summed E-state index contributed by atoms with van der Waals surface area (Å²) < 4.78 is 3.30. The Balaban J connectivity index is 3.10. The van der Waals surface area contributed by atoms with Crippen molar-refractivity contribution in [2.45, 2.75) is 6.92 Å². The fraction of sp³-hybridized carbons (Fsp3) is 0.375. The van der Waals surface area contributed by atoms with E-state index in [2.05, 4.69) is 9.97 Å². The summed E-state index contributed by atoms with van der Waals surface area (Å²) in [5, 5.41) is 0.153. The first kappa shape index (κ1) is 9.21. The van der Waals surface area contributed by atoms with Gasteiger partial charge in [0.15, 0.2) is 11.2 Å². The number of imidazole rings is 1. The molecular formula is C8H9ClN4O.